The van der Waals surface area contributed by atoms with Gasteiger partial charge in [-0.2, -0.15) is 0 Å². The molecule has 9 rings (SSSR count). The molecule has 508 valence electrons. The number of rotatable bonds is 14. The zero-order chi connectivity index (χ0) is 68.0. The molecule has 0 radical (unpaired) electrons. The first-order chi connectivity index (χ1) is 47.3. The van der Waals surface area contributed by atoms with Gasteiger partial charge in [-0.3, -0.25) is 0 Å². The van der Waals surface area contributed by atoms with Crippen LogP contribution in [0.2, 0.25) is 0 Å². The van der Waals surface area contributed by atoms with Crippen LogP contribution in [0.1, 0.15) is 38.9 Å². The number of aryl methyl sites for hydroxylation is 1. The molecule has 0 spiro atoms. The monoisotopic (exact) mass is 1320 g/mol. The Morgan fingerprint density at radius 2 is 0.464 bits per heavy atom. The molecule has 0 bridgehead atoms. The van der Waals surface area contributed by atoms with E-state index in [0.29, 0.717) is 11.3 Å². The Balaban J connectivity index is 0.934. The standard InChI is InChI=1S/C73H82N10O14/c1-57-32-33-64(74-66(84)76-34-38-78(68(86)92-51-58-20-8-2-9-21-58)42-46-82(72(90)96-55-62-28-16-6-17-29-62)47-43-79(39-35-76)69(87)93-52-59-22-10-3-11-23-59)50-65(57)75-67(85)77-36-40-80(70(88)94-53-60-24-12-4-13-25-60)44-48-83(73(91)97-56-63-30-18-7-19-31-63)49-45-81(41-37-77)71(89)95-54-61-26-14-5-15-27-61/h2-33,50H,34-49,51-56H2,1H3,(H,74,84)(H,75,85). The third kappa shape index (κ3) is 22.7. The summed E-state index contributed by atoms with van der Waals surface area (Å²) in [6.07, 6.45) is -4.06. The summed E-state index contributed by atoms with van der Waals surface area (Å²) in [7, 11) is 0. The van der Waals surface area contributed by atoms with Crippen molar-refractivity contribution in [1.29, 1.82) is 0 Å². The van der Waals surface area contributed by atoms with Gasteiger partial charge in [-0.25, -0.2) is 38.4 Å². The Bertz CT molecular complexity index is 3520. The Labute approximate surface area is 564 Å². The van der Waals surface area contributed by atoms with Gasteiger partial charge in [0.25, 0.3) is 0 Å². The Morgan fingerprint density at radius 1 is 0.268 bits per heavy atom. The van der Waals surface area contributed by atoms with Gasteiger partial charge in [0, 0.05) is 116 Å². The van der Waals surface area contributed by atoms with E-state index in [4.69, 9.17) is 28.4 Å². The van der Waals surface area contributed by atoms with Crippen LogP contribution < -0.4 is 10.6 Å². The smallest absolute Gasteiger partial charge is 0.410 e. The number of amides is 10. The third-order valence-electron chi connectivity index (χ3n) is 16.2. The summed E-state index contributed by atoms with van der Waals surface area (Å²) in [5, 5.41) is 5.97. The van der Waals surface area contributed by atoms with Crippen LogP contribution in [-0.4, -0.2) is 193 Å². The largest absolute Gasteiger partial charge is 0.445 e. The molecule has 2 heterocycles. The molecule has 0 aliphatic carbocycles. The van der Waals surface area contributed by atoms with Crippen molar-refractivity contribution in [3.8, 4) is 0 Å². The molecule has 0 unspecified atom stereocenters. The highest BCUT2D eigenvalue weighted by Crippen LogP contribution is 2.23. The van der Waals surface area contributed by atoms with Crippen LogP contribution in [0.25, 0.3) is 0 Å². The van der Waals surface area contributed by atoms with Gasteiger partial charge < -0.3 is 78.3 Å². The SMILES string of the molecule is Cc1ccc(NC(=O)N2CCN(C(=O)OCc3ccccc3)CCN(C(=O)OCc3ccccc3)CCN(C(=O)OCc3ccccc3)CC2)cc1NC(=O)N1CCN(C(=O)OCc2ccccc2)CCN(C(=O)OCc2ccccc2)CCN(C(=O)OCc2ccccc2)CC1. The molecule has 2 N–H and O–H groups in total. The first kappa shape index (κ1) is 70.0. The normalized spacial score (nSPS) is 14.4. The number of hydrogen-bond donors (Lipinski definition) is 2. The van der Waals surface area contributed by atoms with Gasteiger partial charge in [-0.05, 0) is 58.0 Å². The number of carbonyl (C=O) groups is 8. The van der Waals surface area contributed by atoms with Crippen LogP contribution in [0, 0.1) is 6.92 Å². The topological polar surface area (TPSA) is 242 Å². The maximum Gasteiger partial charge on any atom is 0.410 e. The average Bonchev–Trinajstić information content (AvgIpc) is 1.68. The summed E-state index contributed by atoms with van der Waals surface area (Å²) in [5.74, 6) is 0. The minimum atomic E-state index is -0.684. The van der Waals surface area contributed by atoms with E-state index in [9.17, 15) is 38.4 Å². The Morgan fingerprint density at radius 3 is 0.680 bits per heavy atom. The lowest BCUT2D eigenvalue weighted by atomic mass is 10.2. The highest BCUT2D eigenvalue weighted by atomic mass is 16.6. The fraction of sp³-hybridized carbons (Fsp3) is 0.315. The lowest BCUT2D eigenvalue weighted by Crippen LogP contribution is -2.51. The number of carbonyl (C=O) groups excluding carboxylic acids is 8. The van der Waals surface area contributed by atoms with Crippen molar-refractivity contribution in [1.82, 2.24) is 39.2 Å². The highest BCUT2D eigenvalue weighted by molar-refractivity contribution is 5.94. The highest BCUT2D eigenvalue weighted by Gasteiger charge is 2.30. The van der Waals surface area contributed by atoms with E-state index >= 15 is 0 Å². The van der Waals surface area contributed by atoms with Crippen molar-refractivity contribution in [2.75, 3.05) is 115 Å². The molecule has 24 heteroatoms. The van der Waals surface area contributed by atoms with Gasteiger partial charge in [0.2, 0.25) is 0 Å². The number of nitrogens with zero attached hydrogens (tertiary/aromatic N) is 8. The van der Waals surface area contributed by atoms with E-state index in [2.05, 4.69) is 10.6 Å². The molecule has 7 aromatic carbocycles. The molecule has 10 amide bonds. The van der Waals surface area contributed by atoms with E-state index in [1.807, 2.05) is 182 Å². The molecule has 0 atom stereocenters. The predicted molar refractivity (Wildman–Crippen MR) is 362 cm³/mol. The summed E-state index contributed by atoms with van der Waals surface area (Å²) in [6.45, 7) is 0.938. The number of hydrogen-bond acceptors (Lipinski definition) is 14. The summed E-state index contributed by atoms with van der Waals surface area (Å²) in [4.78, 5) is 125. The lowest BCUT2D eigenvalue weighted by molar-refractivity contribution is 0.0640. The second-order valence-corrected chi connectivity index (χ2v) is 23.0. The number of ether oxygens (including phenoxy) is 6. The van der Waals surface area contributed by atoms with E-state index in [-0.39, 0.29) is 150 Å². The quantitative estimate of drug-likeness (QED) is 0.0963. The van der Waals surface area contributed by atoms with Crippen molar-refractivity contribution >= 4 is 60.0 Å². The maximum absolute atomic E-state index is 14.8. The zero-order valence-electron chi connectivity index (χ0n) is 54.4. The number of urea groups is 2. The average molecular weight is 1320 g/mol. The first-order valence-electron chi connectivity index (χ1n) is 32.3. The molecule has 0 saturated carbocycles. The fourth-order valence-corrected chi connectivity index (χ4v) is 10.4. The molecule has 2 aliphatic rings. The second-order valence-electron chi connectivity index (χ2n) is 23.0. The van der Waals surface area contributed by atoms with Gasteiger partial charge in [0.05, 0.1) is 0 Å². The van der Waals surface area contributed by atoms with Crippen LogP contribution in [0.5, 0.6) is 0 Å². The van der Waals surface area contributed by atoms with Crippen LogP contribution in [-0.2, 0) is 68.1 Å². The molecule has 24 nitrogen and oxygen atoms in total. The Kier molecular flexibility index (Phi) is 26.7. The van der Waals surface area contributed by atoms with Crippen molar-refractivity contribution in [3.63, 3.8) is 0 Å². The number of nitrogens with one attached hydrogen (secondary N) is 2. The minimum Gasteiger partial charge on any atom is -0.445 e. The molecular formula is C73H82N10O14. The van der Waals surface area contributed by atoms with Crippen molar-refractivity contribution in [3.05, 3.63) is 239 Å². The molecule has 0 aromatic heterocycles. The Hall–Kier alpha value is -11.3. The third-order valence-corrected chi connectivity index (χ3v) is 16.2. The van der Waals surface area contributed by atoms with Crippen LogP contribution >= 0.6 is 0 Å². The van der Waals surface area contributed by atoms with Gasteiger partial charge >= 0.3 is 48.6 Å². The van der Waals surface area contributed by atoms with E-state index in [0.717, 1.165) is 33.4 Å². The van der Waals surface area contributed by atoms with Gasteiger partial charge in [-0.15, -0.1) is 0 Å². The first-order valence-corrected chi connectivity index (χ1v) is 32.3. The van der Waals surface area contributed by atoms with Crippen LogP contribution in [0.3, 0.4) is 0 Å². The predicted octanol–water partition coefficient (Wildman–Crippen LogP) is 11.5. The van der Waals surface area contributed by atoms with Gasteiger partial charge in [0.15, 0.2) is 0 Å². The minimum absolute atomic E-state index is 0.0132. The number of anilines is 2. The summed E-state index contributed by atoms with van der Waals surface area (Å²) in [6, 6.07) is 58.8. The molecule has 2 fully saturated rings. The van der Waals surface area contributed by atoms with Gasteiger partial charge in [-0.1, -0.05) is 188 Å². The maximum atomic E-state index is 14.8. The number of benzene rings is 7. The summed E-state index contributed by atoms with van der Waals surface area (Å²) < 4.78 is 34.8. The van der Waals surface area contributed by atoms with Crippen molar-refractivity contribution in [2.24, 2.45) is 0 Å². The molecular weight excluding hydrogens is 1240 g/mol. The summed E-state index contributed by atoms with van der Waals surface area (Å²) >= 11 is 0. The van der Waals surface area contributed by atoms with E-state index in [1.165, 1.54) is 39.2 Å². The van der Waals surface area contributed by atoms with Crippen molar-refractivity contribution in [2.45, 2.75) is 46.6 Å². The van der Waals surface area contributed by atoms with E-state index in [1.54, 1.807) is 25.1 Å². The van der Waals surface area contributed by atoms with Crippen LogP contribution in [0.4, 0.5) is 49.7 Å². The lowest BCUT2D eigenvalue weighted by Gasteiger charge is -2.34. The van der Waals surface area contributed by atoms with Crippen molar-refractivity contribution < 1.29 is 66.8 Å². The van der Waals surface area contributed by atoms with Crippen LogP contribution in [0.15, 0.2) is 200 Å². The second kappa shape index (κ2) is 37.0. The molecule has 97 heavy (non-hydrogen) atoms. The zero-order valence-corrected chi connectivity index (χ0v) is 54.4. The molecule has 7 aromatic rings. The van der Waals surface area contributed by atoms with E-state index < -0.39 is 48.6 Å². The fourth-order valence-electron chi connectivity index (χ4n) is 10.4. The molecule has 2 saturated heterocycles. The summed E-state index contributed by atoms with van der Waals surface area (Å²) in [5.41, 5.74) is 5.77. The molecule has 2 aliphatic heterocycles. The van der Waals surface area contributed by atoms with Gasteiger partial charge in [0.1, 0.15) is 39.6 Å².